The fourth-order valence-electron chi connectivity index (χ4n) is 2.39. The van der Waals surface area contributed by atoms with Gasteiger partial charge < -0.3 is 10.6 Å². The van der Waals surface area contributed by atoms with E-state index in [1.54, 1.807) is 0 Å². The van der Waals surface area contributed by atoms with Crippen LogP contribution in [0.25, 0.3) is 0 Å². The maximum Gasteiger partial charge on any atom is 0.434 e. The van der Waals surface area contributed by atoms with E-state index in [0.717, 1.165) is 33.7 Å². The van der Waals surface area contributed by atoms with E-state index in [-0.39, 0.29) is 0 Å². The Hall–Kier alpha value is -2.10. The second kappa shape index (κ2) is 8.52. The number of aromatic nitrogens is 3. The van der Waals surface area contributed by atoms with E-state index < -0.39 is 11.9 Å². The van der Waals surface area contributed by atoms with Crippen molar-refractivity contribution in [2.45, 2.75) is 39.9 Å². The van der Waals surface area contributed by atoms with Crippen molar-refractivity contribution in [2.75, 3.05) is 13.1 Å². The van der Waals surface area contributed by atoms with Crippen molar-refractivity contribution in [3.05, 3.63) is 33.0 Å². The molecule has 6 nitrogen and oxygen atoms in total. The number of guanidine groups is 1. The number of aryl methyl sites for hydroxylation is 2. The van der Waals surface area contributed by atoms with Crippen LogP contribution in [0.3, 0.4) is 0 Å². The topological polar surface area (TPSA) is 67.1 Å². The first-order valence-electron chi connectivity index (χ1n) is 8.25. The predicted molar refractivity (Wildman–Crippen MR) is 96.3 cm³/mol. The van der Waals surface area contributed by atoms with Gasteiger partial charge in [0.2, 0.25) is 0 Å². The average molecular weight is 388 g/mol. The highest BCUT2D eigenvalue weighted by Gasteiger charge is 2.33. The van der Waals surface area contributed by atoms with E-state index in [2.05, 4.69) is 25.7 Å². The number of nitrogens with one attached hydrogen (secondary N) is 2. The summed E-state index contributed by atoms with van der Waals surface area (Å²) in [6.45, 7) is 7.50. The molecule has 0 aromatic carbocycles. The quantitative estimate of drug-likeness (QED) is 0.590. The lowest BCUT2D eigenvalue weighted by Crippen LogP contribution is -2.38. The van der Waals surface area contributed by atoms with Crippen LogP contribution in [-0.4, -0.2) is 33.8 Å². The number of nitrogens with zero attached hydrogens (tertiary/aromatic N) is 4. The van der Waals surface area contributed by atoms with Gasteiger partial charge in [0, 0.05) is 43.2 Å². The summed E-state index contributed by atoms with van der Waals surface area (Å²) >= 11 is 1.02. The standard InChI is InChI=1S/C16H23F3N6S/c1-5-20-15(22-8-12-10(2)24-25(4)11(12)3)21-7-6-14-23-13(9-26-14)16(17,18)19/h9H,5-8H2,1-4H3,(H2,20,21,22). The molecule has 0 fully saturated rings. The Morgan fingerprint density at radius 2 is 2.04 bits per heavy atom. The minimum atomic E-state index is -4.39. The number of hydrogen-bond acceptors (Lipinski definition) is 4. The van der Waals surface area contributed by atoms with E-state index in [9.17, 15) is 13.2 Å². The maximum atomic E-state index is 12.6. The highest BCUT2D eigenvalue weighted by atomic mass is 32.1. The van der Waals surface area contributed by atoms with Crippen molar-refractivity contribution >= 4 is 17.3 Å². The highest BCUT2D eigenvalue weighted by molar-refractivity contribution is 7.09. The van der Waals surface area contributed by atoms with Gasteiger partial charge >= 0.3 is 6.18 Å². The molecule has 0 bridgehead atoms. The van der Waals surface area contributed by atoms with Crippen LogP contribution in [-0.2, 0) is 26.2 Å². The van der Waals surface area contributed by atoms with Crippen molar-refractivity contribution in [1.29, 1.82) is 0 Å². The molecule has 0 saturated heterocycles. The second-order valence-corrected chi connectivity index (χ2v) is 6.71. The van der Waals surface area contributed by atoms with Crippen LogP contribution < -0.4 is 10.6 Å². The summed E-state index contributed by atoms with van der Waals surface area (Å²) in [7, 11) is 1.89. The molecule has 0 radical (unpaired) electrons. The fraction of sp³-hybridized carbons (Fsp3) is 0.562. The van der Waals surface area contributed by atoms with Crippen molar-refractivity contribution in [2.24, 2.45) is 12.0 Å². The summed E-state index contributed by atoms with van der Waals surface area (Å²) in [6, 6.07) is 0. The molecular formula is C16H23F3N6S. The van der Waals surface area contributed by atoms with Crippen LogP contribution in [0.5, 0.6) is 0 Å². The van der Waals surface area contributed by atoms with Gasteiger partial charge in [0.15, 0.2) is 11.7 Å². The normalized spacial score (nSPS) is 12.5. The molecule has 10 heteroatoms. The number of hydrogen-bond donors (Lipinski definition) is 2. The van der Waals surface area contributed by atoms with Crippen LogP contribution in [0, 0.1) is 13.8 Å². The van der Waals surface area contributed by atoms with E-state index in [0.29, 0.717) is 37.0 Å². The Morgan fingerprint density at radius 3 is 2.58 bits per heavy atom. The zero-order valence-electron chi connectivity index (χ0n) is 15.2. The summed E-state index contributed by atoms with van der Waals surface area (Å²) in [4.78, 5) is 8.16. The SMILES string of the molecule is CCNC(=NCc1c(C)nn(C)c1C)NCCc1nc(C(F)(F)F)cs1. The van der Waals surface area contributed by atoms with Gasteiger partial charge in [0.1, 0.15) is 0 Å². The molecule has 0 spiro atoms. The van der Waals surface area contributed by atoms with Crippen LogP contribution in [0.4, 0.5) is 13.2 Å². The third-order valence-corrected chi connectivity index (χ3v) is 4.78. The third kappa shape index (κ3) is 5.20. The Labute approximate surface area is 154 Å². The van der Waals surface area contributed by atoms with Crippen molar-refractivity contribution < 1.29 is 13.2 Å². The predicted octanol–water partition coefficient (Wildman–Crippen LogP) is 2.81. The van der Waals surface area contributed by atoms with Crippen LogP contribution in [0.2, 0.25) is 0 Å². The van der Waals surface area contributed by atoms with Gasteiger partial charge in [0.25, 0.3) is 0 Å². The molecule has 0 unspecified atom stereocenters. The van der Waals surface area contributed by atoms with Crippen LogP contribution >= 0.6 is 11.3 Å². The molecule has 2 aromatic heterocycles. The van der Waals surface area contributed by atoms with E-state index in [1.165, 1.54) is 0 Å². The Kier molecular flexibility index (Phi) is 6.63. The fourth-order valence-corrected chi connectivity index (χ4v) is 3.19. The summed E-state index contributed by atoms with van der Waals surface area (Å²) in [5.74, 6) is 0.614. The van der Waals surface area contributed by atoms with Crippen LogP contribution in [0.1, 0.15) is 34.6 Å². The number of thiazole rings is 1. The maximum absolute atomic E-state index is 12.6. The van der Waals surface area contributed by atoms with Crippen molar-refractivity contribution in [3.63, 3.8) is 0 Å². The molecular weight excluding hydrogens is 365 g/mol. The van der Waals surface area contributed by atoms with Crippen molar-refractivity contribution in [1.82, 2.24) is 25.4 Å². The Balaban J connectivity index is 1.94. The largest absolute Gasteiger partial charge is 0.434 e. The minimum Gasteiger partial charge on any atom is -0.357 e. The molecule has 26 heavy (non-hydrogen) atoms. The first-order chi connectivity index (χ1) is 12.2. The molecule has 2 rings (SSSR count). The van der Waals surface area contributed by atoms with Gasteiger partial charge in [-0.25, -0.2) is 9.98 Å². The number of rotatable bonds is 6. The lowest BCUT2D eigenvalue weighted by molar-refractivity contribution is -0.140. The molecule has 2 N–H and O–H groups in total. The van der Waals surface area contributed by atoms with Gasteiger partial charge in [0.05, 0.1) is 17.2 Å². The summed E-state index contributed by atoms with van der Waals surface area (Å²) in [6.07, 6.45) is -3.99. The van der Waals surface area contributed by atoms with Gasteiger partial charge in [-0.1, -0.05) is 0 Å². The average Bonchev–Trinajstić information content (AvgIpc) is 3.11. The van der Waals surface area contributed by atoms with Gasteiger partial charge in [-0.05, 0) is 20.8 Å². The lowest BCUT2D eigenvalue weighted by atomic mass is 10.2. The second-order valence-electron chi connectivity index (χ2n) is 5.77. The van der Waals surface area contributed by atoms with Gasteiger partial charge in [-0.2, -0.15) is 18.3 Å². The van der Waals surface area contributed by atoms with Gasteiger partial charge in [-0.3, -0.25) is 4.68 Å². The molecule has 0 amide bonds. The zero-order valence-corrected chi connectivity index (χ0v) is 16.1. The third-order valence-electron chi connectivity index (χ3n) is 3.87. The minimum absolute atomic E-state index is 0.399. The Morgan fingerprint density at radius 1 is 1.31 bits per heavy atom. The van der Waals surface area contributed by atoms with E-state index in [4.69, 9.17) is 0 Å². The molecule has 0 aliphatic rings. The molecule has 0 saturated carbocycles. The van der Waals surface area contributed by atoms with E-state index in [1.807, 2.05) is 32.5 Å². The Bertz CT molecular complexity index is 763. The monoisotopic (exact) mass is 388 g/mol. The smallest absolute Gasteiger partial charge is 0.357 e. The molecule has 0 atom stereocenters. The molecule has 0 aliphatic carbocycles. The van der Waals surface area contributed by atoms with Crippen molar-refractivity contribution in [3.8, 4) is 0 Å². The number of halogens is 3. The number of aliphatic imine (C=N–C) groups is 1. The lowest BCUT2D eigenvalue weighted by Gasteiger charge is -2.10. The molecule has 2 aromatic rings. The zero-order chi connectivity index (χ0) is 19.3. The van der Waals surface area contributed by atoms with E-state index >= 15 is 0 Å². The molecule has 144 valence electrons. The first kappa shape index (κ1) is 20.2. The summed E-state index contributed by atoms with van der Waals surface area (Å²) in [5, 5.41) is 12.1. The number of alkyl halides is 3. The van der Waals surface area contributed by atoms with Gasteiger partial charge in [-0.15, -0.1) is 11.3 Å². The molecule has 2 heterocycles. The summed E-state index contributed by atoms with van der Waals surface area (Å²) in [5.41, 5.74) is 2.23. The molecule has 0 aliphatic heterocycles. The summed E-state index contributed by atoms with van der Waals surface area (Å²) < 4.78 is 39.5. The highest BCUT2D eigenvalue weighted by Crippen LogP contribution is 2.29. The first-order valence-corrected chi connectivity index (χ1v) is 9.13. The van der Waals surface area contributed by atoms with Crippen LogP contribution in [0.15, 0.2) is 10.4 Å².